The highest BCUT2D eigenvalue weighted by molar-refractivity contribution is 5.96. The third-order valence-corrected chi connectivity index (χ3v) is 7.84. The summed E-state index contributed by atoms with van der Waals surface area (Å²) in [5.41, 5.74) is 3.08. The highest BCUT2D eigenvalue weighted by Crippen LogP contribution is 2.37. The zero-order chi connectivity index (χ0) is 29.5. The molecule has 1 atom stereocenters. The highest BCUT2D eigenvalue weighted by Gasteiger charge is 2.37. The van der Waals surface area contributed by atoms with E-state index in [0.717, 1.165) is 25.2 Å². The van der Waals surface area contributed by atoms with E-state index in [4.69, 9.17) is 9.15 Å². The minimum atomic E-state index is -0.425. The van der Waals surface area contributed by atoms with Gasteiger partial charge in [-0.2, -0.15) is 0 Å². The number of carbonyl (C=O) groups excluding carboxylic acids is 3. The van der Waals surface area contributed by atoms with Gasteiger partial charge in [-0.15, -0.1) is 0 Å². The molecule has 5 rings (SSSR count). The van der Waals surface area contributed by atoms with Gasteiger partial charge in [0.2, 0.25) is 5.91 Å². The molecule has 3 aromatic rings. The summed E-state index contributed by atoms with van der Waals surface area (Å²) in [7, 11) is 0. The van der Waals surface area contributed by atoms with Crippen LogP contribution in [0.4, 0.5) is 0 Å². The van der Waals surface area contributed by atoms with E-state index in [-0.39, 0.29) is 43.1 Å². The first-order valence-electron chi connectivity index (χ1n) is 14.5. The van der Waals surface area contributed by atoms with Gasteiger partial charge in [0.15, 0.2) is 5.76 Å². The molecule has 0 saturated carbocycles. The summed E-state index contributed by atoms with van der Waals surface area (Å²) in [6, 6.07) is 23.1. The predicted molar refractivity (Wildman–Crippen MR) is 160 cm³/mol. The van der Waals surface area contributed by atoms with E-state index in [1.54, 1.807) is 35.8 Å². The summed E-state index contributed by atoms with van der Waals surface area (Å²) >= 11 is 0. The smallest absolute Gasteiger partial charge is 0.336 e. The second-order valence-corrected chi connectivity index (χ2v) is 10.5. The molecule has 2 amide bonds. The van der Waals surface area contributed by atoms with Gasteiger partial charge >= 0.3 is 5.97 Å². The van der Waals surface area contributed by atoms with Crippen LogP contribution in [0.15, 0.2) is 94.6 Å². The standard InChI is InChI=1S/C34H37N3O5/c1-3-41-34(40)32-25(2)37(31(38)23-29(32)27-14-8-5-9-15-27)24-28-16-17-30(42-28)33(39)36-21-19-35(20-22-36)18-10-13-26-11-6-4-7-12-26/h4-17,29H,3,18-24H2,1-2H3/b13-10+. The lowest BCUT2D eigenvalue weighted by Crippen LogP contribution is -2.48. The molecule has 218 valence electrons. The van der Waals surface area contributed by atoms with Crippen molar-refractivity contribution in [1.29, 1.82) is 0 Å². The topological polar surface area (TPSA) is 83.3 Å². The summed E-state index contributed by atoms with van der Waals surface area (Å²) in [6.45, 7) is 7.53. The SMILES string of the molecule is CCOC(=O)C1=C(C)N(Cc2ccc(C(=O)N3CCN(C/C=C/c4ccccc4)CC3)o2)C(=O)CC1c1ccccc1. The van der Waals surface area contributed by atoms with Crippen molar-refractivity contribution < 1.29 is 23.5 Å². The number of carbonyl (C=O) groups is 3. The molecule has 1 fully saturated rings. The zero-order valence-corrected chi connectivity index (χ0v) is 24.2. The number of allylic oxidation sites excluding steroid dienone is 1. The van der Waals surface area contributed by atoms with Crippen molar-refractivity contribution in [2.45, 2.75) is 32.7 Å². The van der Waals surface area contributed by atoms with E-state index < -0.39 is 5.97 Å². The van der Waals surface area contributed by atoms with Crippen molar-refractivity contribution in [3.05, 3.63) is 113 Å². The third kappa shape index (κ3) is 6.71. The Hall–Kier alpha value is -4.43. The number of rotatable bonds is 9. The average molecular weight is 568 g/mol. The lowest BCUT2D eigenvalue weighted by molar-refractivity contribution is -0.140. The van der Waals surface area contributed by atoms with Crippen LogP contribution in [0.25, 0.3) is 6.08 Å². The van der Waals surface area contributed by atoms with Crippen molar-refractivity contribution in [3.8, 4) is 0 Å². The molecule has 8 heteroatoms. The van der Waals surface area contributed by atoms with Gasteiger partial charge in [-0.25, -0.2) is 4.79 Å². The molecule has 0 spiro atoms. The molecule has 2 aliphatic heterocycles. The fraction of sp³-hybridized carbons (Fsp3) is 0.324. The van der Waals surface area contributed by atoms with E-state index in [2.05, 4.69) is 29.2 Å². The van der Waals surface area contributed by atoms with Crippen LogP contribution in [0.2, 0.25) is 0 Å². The van der Waals surface area contributed by atoms with E-state index in [9.17, 15) is 14.4 Å². The molecule has 8 nitrogen and oxygen atoms in total. The van der Waals surface area contributed by atoms with Crippen LogP contribution >= 0.6 is 0 Å². The van der Waals surface area contributed by atoms with Crippen LogP contribution in [0.3, 0.4) is 0 Å². The Balaban J connectivity index is 1.22. The first kappa shape index (κ1) is 29.1. The molecule has 1 saturated heterocycles. The molecule has 42 heavy (non-hydrogen) atoms. The number of hydrogen-bond acceptors (Lipinski definition) is 6. The number of benzene rings is 2. The van der Waals surface area contributed by atoms with E-state index in [1.165, 1.54) is 5.56 Å². The van der Waals surface area contributed by atoms with Crippen molar-refractivity contribution in [3.63, 3.8) is 0 Å². The zero-order valence-electron chi connectivity index (χ0n) is 24.2. The normalized spacial score (nSPS) is 18.1. The number of nitrogens with zero attached hydrogens (tertiary/aromatic N) is 3. The summed E-state index contributed by atoms with van der Waals surface area (Å²) in [5.74, 6) is -0.342. The molecule has 0 bridgehead atoms. The molecule has 3 heterocycles. The Morgan fingerprint density at radius 2 is 1.64 bits per heavy atom. The largest absolute Gasteiger partial charge is 0.463 e. The molecule has 0 radical (unpaired) electrons. The number of hydrogen-bond donors (Lipinski definition) is 0. The van der Waals surface area contributed by atoms with E-state index in [0.29, 0.717) is 30.1 Å². The number of furan rings is 1. The van der Waals surface area contributed by atoms with Crippen LogP contribution in [0.1, 0.15) is 53.6 Å². The fourth-order valence-electron chi connectivity index (χ4n) is 5.57. The van der Waals surface area contributed by atoms with Crippen LogP contribution in [-0.4, -0.2) is 71.8 Å². The summed E-state index contributed by atoms with van der Waals surface area (Å²) in [4.78, 5) is 45.2. The molecule has 0 aliphatic carbocycles. The molecular formula is C34H37N3O5. The molecular weight excluding hydrogens is 530 g/mol. The minimum Gasteiger partial charge on any atom is -0.463 e. The highest BCUT2D eigenvalue weighted by atomic mass is 16.5. The second kappa shape index (κ2) is 13.5. The van der Waals surface area contributed by atoms with Gasteiger partial charge in [-0.05, 0) is 37.1 Å². The quantitative estimate of drug-likeness (QED) is 0.335. The van der Waals surface area contributed by atoms with Crippen molar-refractivity contribution in [2.75, 3.05) is 39.3 Å². The number of amides is 2. The Kier molecular flexibility index (Phi) is 9.34. The fourth-order valence-corrected chi connectivity index (χ4v) is 5.57. The van der Waals surface area contributed by atoms with Crippen molar-refractivity contribution in [1.82, 2.24) is 14.7 Å². The third-order valence-electron chi connectivity index (χ3n) is 7.84. The maximum atomic E-state index is 13.3. The molecule has 2 aromatic carbocycles. The van der Waals surface area contributed by atoms with E-state index >= 15 is 0 Å². The molecule has 2 aliphatic rings. The first-order chi connectivity index (χ1) is 20.4. The second-order valence-electron chi connectivity index (χ2n) is 10.5. The maximum absolute atomic E-state index is 13.3. The summed E-state index contributed by atoms with van der Waals surface area (Å²) in [6.07, 6.45) is 4.41. The Labute approximate surface area is 246 Å². The number of esters is 1. The lowest BCUT2D eigenvalue weighted by Gasteiger charge is -2.34. The van der Waals surface area contributed by atoms with E-state index in [1.807, 2.05) is 48.5 Å². The average Bonchev–Trinajstić information content (AvgIpc) is 3.49. The predicted octanol–water partition coefficient (Wildman–Crippen LogP) is 5.10. The Morgan fingerprint density at radius 1 is 0.952 bits per heavy atom. The van der Waals surface area contributed by atoms with Crippen molar-refractivity contribution in [2.24, 2.45) is 0 Å². The number of ether oxygens (including phenoxy) is 1. The van der Waals surface area contributed by atoms with Crippen LogP contribution in [-0.2, 0) is 20.9 Å². The summed E-state index contributed by atoms with van der Waals surface area (Å²) in [5, 5.41) is 0. The maximum Gasteiger partial charge on any atom is 0.336 e. The minimum absolute atomic E-state index is 0.115. The number of piperazine rings is 1. The Bertz CT molecular complexity index is 1450. The van der Waals surface area contributed by atoms with Gasteiger partial charge < -0.3 is 19.0 Å². The van der Waals surface area contributed by atoms with Gasteiger partial charge in [0, 0.05) is 50.8 Å². The van der Waals surface area contributed by atoms with Gasteiger partial charge in [0.25, 0.3) is 5.91 Å². The summed E-state index contributed by atoms with van der Waals surface area (Å²) < 4.78 is 11.3. The first-order valence-corrected chi connectivity index (χ1v) is 14.5. The van der Waals surface area contributed by atoms with Crippen LogP contribution in [0, 0.1) is 0 Å². The molecule has 1 unspecified atom stereocenters. The Morgan fingerprint density at radius 3 is 2.33 bits per heavy atom. The lowest BCUT2D eigenvalue weighted by atomic mass is 9.83. The van der Waals surface area contributed by atoms with Crippen LogP contribution < -0.4 is 0 Å². The molecule has 0 N–H and O–H groups in total. The molecule has 1 aromatic heterocycles. The van der Waals surface area contributed by atoms with Crippen LogP contribution in [0.5, 0.6) is 0 Å². The van der Waals surface area contributed by atoms with Gasteiger partial charge in [0.1, 0.15) is 5.76 Å². The van der Waals surface area contributed by atoms with Gasteiger partial charge in [0.05, 0.1) is 18.7 Å². The van der Waals surface area contributed by atoms with Crippen molar-refractivity contribution >= 4 is 23.9 Å². The van der Waals surface area contributed by atoms with Gasteiger partial charge in [-0.3, -0.25) is 14.5 Å². The monoisotopic (exact) mass is 567 g/mol. The van der Waals surface area contributed by atoms with Gasteiger partial charge in [-0.1, -0.05) is 72.8 Å².